The summed E-state index contributed by atoms with van der Waals surface area (Å²) in [5.74, 6) is -2.06. The van der Waals surface area contributed by atoms with Crippen LogP contribution in [-0.4, -0.2) is 118 Å². The first-order valence-corrected chi connectivity index (χ1v) is 22.3. The van der Waals surface area contributed by atoms with Gasteiger partial charge in [0.25, 0.3) is 0 Å². The van der Waals surface area contributed by atoms with E-state index < -0.39 is 34.9 Å². The van der Waals surface area contributed by atoms with Crippen molar-refractivity contribution in [1.82, 2.24) is 19.8 Å². The van der Waals surface area contributed by atoms with Crippen LogP contribution < -0.4 is 15.0 Å². The lowest BCUT2D eigenvalue weighted by Gasteiger charge is -2.42. The number of carboxylic acids is 1. The molecule has 2 bridgehead atoms. The fraction of sp³-hybridized carbons (Fsp3) is 0.545. The third kappa shape index (κ3) is 10.3. The number of hydrogen-bond donors (Lipinski definition) is 2. The lowest BCUT2D eigenvalue weighted by atomic mass is 9.98. The molecule has 338 valence electrons. The highest BCUT2D eigenvalue weighted by molar-refractivity contribution is 7.24. The Hall–Kier alpha value is -5.09. The van der Waals surface area contributed by atoms with Gasteiger partial charge in [0.15, 0.2) is 5.82 Å². The number of thiophene rings is 1. The van der Waals surface area contributed by atoms with Crippen LogP contribution in [0.15, 0.2) is 18.2 Å². The van der Waals surface area contributed by atoms with Crippen molar-refractivity contribution in [1.29, 1.82) is 0 Å². The van der Waals surface area contributed by atoms with Gasteiger partial charge < -0.3 is 29.0 Å². The van der Waals surface area contributed by atoms with E-state index in [2.05, 4.69) is 20.0 Å². The molecule has 4 aromatic rings. The number of ether oxygens (including phenoxy) is 4. The highest BCUT2D eigenvalue weighted by Crippen LogP contribution is 2.50. The number of amides is 2. The van der Waals surface area contributed by atoms with E-state index in [0.717, 1.165) is 49.6 Å². The summed E-state index contributed by atoms with van der Waals surface area (Å²) in [6.07, 6.45) is 2.69. The lowest BCUT2D eigenvalue weighted by molar-refractivity contribution is -0.138. The van der Waals surface area contributed by atoms with Gasteiger partial charge >= 0.3 is 24.2 Å². The van der Waals surface area contributed by atoms with Gasteiger partial charge in [0.2, 0.25) is 5.69 Å². The van der Waals surface area contributed by atoms with E-state index in [1.165, 1.54) is 6.07 Å². The molecule has 2 N–H and O–H groups in total. The summed E-state index contributed by atoms with van der Waals surface area (Å²) in [7, 11) is 0. The van der Waals surface area contributed by atoms with Crippen molar-refractivity contribution in [2.24, 2.45) is 0 Å². The Morgan fingerprint density at radius 2 is 1.75 bits per heavy atom. The van der Waals surface area contributed by atoms with Gasteiger partial charge in [0.1, 0.15) is 40.0 Å². The lowest BCUT2D eigenvalue weighted by Crippen LogP contribution is -2.57. The SMILES string of the molecule is [C-]#[N+]c1c(NC(=O)OC(C)(C)C)sc2c(F)ccc(-c3c(Cl)cc4c(N5CC6CCC(C5)N6C(=O)OC(C)(C)C)nc(OCC5CCCN5CCCOCCC(=O)O)nc4c3F)c12. The Labute approximate surface area is 373 Å². The van der Waals surface area contributed by atoms with Crippen LogP contribution in [0.5, 0.6) is 6.01 Å². The van der Waals surface area contributed by atoms with Crippen LogP contribution in [0, 0.1) is 18.2 Å². The van der Waals surface area contributed by atoms with E-state index in [-0.39, 0.29) is 92.3 Å². The number of fused-ring (bicyclic) bond motifs is 4. The number of nitrogens with zero attached hydrogens (tertiary/aromatic N) is 6. The molecular weight excluding hydrogens is 860 g/mol. The van der Waals surface area contributed by atoms with Crippen LogP contribution >= 0.6 is 22.9 Å². The van der Waals surface area contributed by atoms with Gasteiger partial charge in [-0.3, -0.25) is 19.9 Å². The smallest absolute Gasteiger partial charge is 0.411 e. The maximum absolute atomic E-state index is 17.5. The minimum Gasteiger partial charge on any atom is -0.481 e. The quantitative estimate of drug-likeness (QED) is 0.0968. The number of carbonyl (C=O) groups is 3. The van der Waals surface area contributed by atoms with Crippen LogP contribution in [-0.2, 0) is 19.0 Å². The van der Waals surface area contributed by atoms with Crippen molar-refractivity contribution < 1.29 is 47.2 Å². The number of aliphatic carboxylic acids is 1. The van der Waals surface area contributed by atoms with E-state index in [9.17, 15) is 14.4 Å². The molecule has 0 aliphatic carbocycles. The molecule has 63 heavy (non-hydrogen) atoms. The Morgan fingerprint density at radius 3 is 2.41 bits per heavy atom. The first kappa shape index (κ1) is 45.9. The van der Waals surface area contributed by atoms with Crippen molar-refractivity contribution >= 4 is 78.6 Å². The fourth-order valence-electron chi connectivity index (χ4n) is 8.53. The van der Waals surface area contributed by atoms with Crippen molar-refractivity contribution in [3.63, 3.8) is 0 Å². The van der Waals surface area contributed by atoms with Gasteiger partial charge in [0.05, 0.1) is 41.4 Å². The van der Waals surface area contributed by atoms with Crippen molar-refractivity contribution in [2.45, 2.75) is 109 Å². The second-order valence-corrected chi connectivity index (χ2v) is 19.4. The molecule has 2 amide bonds. The first-order valence-electron chi connectivity index (χ1n) is 21.1. The van der Waals surface area contributed by atoms with E-state index in [4.69, 9.17) is 47.2 Å². The highest BCUT2D eigenvalue weighted by atomic mass is 35.5. The first-order chi connectivity index (χ1) is 29.8. The number of anilines is 2. The molecule has 0 radical (unpaired) electrons. The predicted molar refractivity (Wildman–Crippen MR) is 236 cm³/mol. The van der Waals surface area contributed by atoms with Gasteiger partial charge in [-0.25, -0.2) is 23.2 Å². The largest absolute Gasteiger partial charge is 0.481 e. The zero-order valence-corrected chi connectivity index (χ0v) is 37.8. The molecular formula is C44H52ClF2N7O8S. The number of halogens is 3. The van der Waals surface area contributed by atoms with Crippen molar-refractivity contribution in [2.75, 3.05) is 56.2 Å². The van der Waals surface area contributed by atoms with Crippen LogP contribution in [0.2, 0.25) is 5.02 Å². The average Bonchev–Trinajstić information content (AvgIpc) is 3.87. The normalized spacial score (nSPS) is 19.1. The number of hydrogen-bond acceptors (Lipinski definition) is 12. The van der Waals surface area contributed by atoms with Gasteiger partial charge in [0, 0.05) is 48.6 Å². The number of piperazine rings is 1. The van der Waals surface area contributed by atoms with Crippen molar-refractivity contribution in [3.8, 4) is 17.1 Å². The third-order valence-electron chi connectivity index (χ3n) is 11.1. The zero-order chi connectivity index (χ0) is 45.4. The Kier molecular flexibility index (Phi) is 13.5. The van der Waals surface area contributed by atoms with Gasteiger partial charge in [-0.2, -0.15) is 9.97 Å². The van der Waals surface area contributed by atoms with E-state index in [1.807, 2.05) is 25.7 Å². The standard InChI is InChI=1S/C44H52ClF2N7O8S/c1-43(2,3)61-41(57)51-39-36(48-7)33-27(13-14-30(46)37(33)63-39)32-29(45)20-28-35(34(32)47)49-40(60-23-26-10-8-16-52(26)17-9-18-59-19-15-31(55)56)50-38(28)53-21-24-11-12-25(22-53)54(24)42(58)62-44(4,5)6/h13-14,20,24-26H,8-12,15-19,21-23H2,1-6H3,(H,51,57)(H,55,56). The number of carboxylic acid groups (broad SMARTS) is 1. The molecule has 3 aliphatic rings. The molecule has 5 heterocycles. The number of benzene rings is 2. The van der Waals surface area contributed by atoms with Crippen molar-refractivity contribution in [3.05, 3.63) is 46.3 Å². The summed E-state index contributed by atoms with van der Waals surface area (Å²) in [5.41, 5.74) is -1.74. The summed E-state index contributed by atoms with van der Waals surface area (Å²) in [6.45, 7) is 21.7. The molecule has 2 aromatic heterocycles. The molecule has 3 fully saturated rings. The van der Waals surface area contributed by atoms with E-state index in [1.54, 1.807) is 31.7 Å². The van der Waals surface area contributed by atoms with E-state index >= 15 is 8.78 Å². The summed E-state index contributed by atoms with van der Waals surface area (Å²) in [5, 5.41) is 11.8. The fourth-order valence-corrected chi connectivity index (χ4v) is 9.88. The van der Waals surface area contributed by atoms with E-state index in [0.29, 0.717) is 43.9 Å². The molecule has 0 saturated carbocycles. The monoisotopic (exact) mass is 911 g/mol. The Balaban J connectivity index is 1.26. The molecule has 3 unspecified atom stereocenters. The maximum Gasteiger partial charge on any atom is 0.411 e. The molecule has 3 atom stereocenters. The van der Waals surface area contributed by atoms with Crippen LogP contribution in [0.25, 0.3) is 37.0 Å². The molecule has 2 aromatic carbocycles. The van der Waals surface area contributed by atoms with Gasteiger partial charge in [-0.05, 0) is 97.9 Å². The van der Waals surface area contributed by atoms with Crippen LogP contribution in [0.3, 0.4) is 0 Å². The number of carbonyl (C=O) groups excluding carboxylic acids is 2. The van der Waals surface area contributed by atoms with Gasteiger partial charge in [-0.1, -0.05) is 17.7 Å². The average molecular weight is 912 g/mol. The molecule has 7 rings (SSSR count). The molecule has 3 aliphatic heterocycles. The number of rotatable bonds is 13. The number of aromatic nitrogens is 2. The predicted octanol–water partition coefficient (Wildman–Crippen LogP) is 9.65. The van der Waals surface area contributed by atoms with Gasteiger partial charge in [-0.15, -0.1) is 11.3 Å². The maximum atomic E-state index is 17.5. The summed E-state index contributed by atoms with van der Waals surface area (Å²) in [4.78, 5) is 56.2. The minimum absolute atomic E-state index is 0.00669. The van der Waals surface area contributed by atoms with Crippen LogP contribution in [0.4, 0.5) is 34.9 Å². The molecule has 15 nitrogen and oxygen atoms in total. The van der Waals surface area contributed by atoms with Crippen LogP contribution in [0.1, 0.15) is 80.1 Å². The molecule has 0 spiro atoms. The Morgan fingerprint density at radius 1 is 1.03 bits per heavy atom. The Bertz CT molecular complexity index is 2440. The zero-order valence-electron chi connectivity index (χ0n) is 36.2. The number of nitrogens with one attached hydrogen (secondary N) is 1. The third-order valence-corrected chi connectivity index (χ3v) is 12.5. The number of likely N-dealkylation sites (tertiary alicyclic amines) is 1. The topological polar surface area (TPSA) is 160 Å². The summed E-state index contributed by atoms with van der Waals surface area (Å²) >= 11 is 7.85. The molecule has 19 heteroatoms. The second-order valence-electron chi connectivity index (χ2n) is 18.0. The summed E-state index contributed by atoms with van der Waals surface area (Å²) < 4.78 is 56.1. The second kappa shape index (κ2) is 18.6. The minimum atomic E-state index is -0.909. The summed E-state index contributed by atoms with van der Waals surface area (Å²) in [6, 6.07) is 3.61. The highest BCUT2D eigenvalue weighted by Gasteiger charge is 2.45. The molecule has 3 saturated heterocycles.